The van der Waals surface area contributed by atoms with Crippen LogP contribution in [0.15, 0.2) is 0 Å². The SMILES string of the molecule is CC(O)C1CCN(CCCC(=N)N)C1. The molecule has 2 atom stereocenters. The number of nitrogens with zero attached hydrogens (tertiary/aromatic N) is 1. The highest BCUT2D eigenvalue weighted by Gasteiger charge is 2.25. The van der Waals surface area contributed by atoms with Crippen LogP contribution in [-0.4, -0.2) is 41.6 Å². The van der Waals surface area contributed by atoms with Crippen molar-refractivity contribution in [3.8, 4) is 0 Å². The van der Waals surface area contributed by atoms with Crippen LogP contribution in [0.3, 0.4) is 0 Å². The summed E-state index contributed by atoms with van der Waals surface area (Å²) in [5.41, 5.74) is 5.28. The van der Waals surface area contributed by atoms with E-state index in [1.807, 2.05) is 6.92 Å². The molecule has 0 aliphatic carbocycles. The van der Waals surface area contributed by atoms with Crippen molar-refractivity contribution in [1.82, 2.24) is 4.90 Å². The predicted molar refractivity (Wildman–Crippen MR) is 57.4 cm³/mol. The molecule has 0 aromatic carbocycles. The van der Waals surface area contributed by atoms with E-state index in [0.29, 0.717) is 12.3 Å². The second-order valence-electron chi connectivity index (χ2n) is 4.22. The highest BCUT2D eigenvalue weighted by Crippen LogP contribution is 2.19. The van der Waals surface area contributed by atoms with E-state index < -0.39 is 0 Å². The normalized spacial score (nSPS) is 25.1. The van der Waals surface area contributed by atoms with Crippen molar-refractivity contribution in [3.63, 3.8) is 0 Å². The van der Waals surface area contributed by atoms with Crippen molar-refractivity contribution < 1.29 is 5.11 Å². The monoisotopic (exact) mass is 199 g/mol. The molecule has 0 radical (unpaired) electrons. The van der Waals surface area contributed by atoms with Gasteiger partial charge in [-0.1, -0.05) is 0 Å². The predicted octanol–water partition coefficient (Wildman–Crippen LogP) is 0.405. The standard InChI is InChI=1S/C10H21N3O/c1-8(14)9-4-6-13(7-9)5-2-3-10(11)12/h8-9,14H,2-7H2,1H3,(H3,11,12). The lowest BCUT2D eigenvalue weighted by Gasteiger charge is -2.16. The van der Waals surface area contributed by atoms with Gasteiger partial charge in [0.05, 0.1) is 11.9 Å². The van der Waals surface area contributed by atoms with E-state index in [1.54, 1.807) is 0 Å². The maximum absolute atomic E-state index is 9.40. The summed E-state index contributed by atoms with van der Waals surface area (Å²) in [4.78, 5) is 2.35. The van der Waals surface area contributed by atoms with E-state index in [2.05, 4.69) is 4.90 Å². The number of amidine groups is 1. The van der Waals surface area contributed by atoms with Gasteiger partial charge >= 0.3 is 0 Å². The van der Waals surface area contributed by atoms with Gasteiger partial charge in [-0.3, -0.25) is 5.41 Å². The fraction of sp³-hybridized carbons (Fsp3) is 0.900. The number of nitrogens with two attached hydrogens (primary N) is 1. The number of nitrogens with one attached hydrogen (secondary N) is 1. The van der Waals surface area contributed by atoms with Gasteiger partial charge in [-0.25, -0.2) is 0 Å². The van der Waals surface area contributed by atoms with Crippen LogP contribution in [0.25, 0.3) is 0 Å². The second kappa shape index (κ2) is 5.32. The Balaban J connectivity index is 2.13. The van der Waals surface area contributed by atoms with Crippen molar-refractivity contribution in [2.24, 2.45) is 11.7 Å². The van der Waals surface area contributed by atoms with Crippen LogP contribution in [0.5, 0.6) is 0 Å². The molecule has 14 heavy (non-hydrogen) atoms. The minimum atomic E-state index is -0.187. The topological polar surface area (TPSA) is 73.3 Å². The highest BCUT2D eigenvalue weighted by atomic mass is 16.3. The molecule has 4 heteroatoms. The molecule has 1 aliphatic rings. The molecule has 4 nitrogen and oxygen atoms in total. The lowest BCUT2D eigenvalue weighted by molar-refractivity contribution is 0.128. The van der Waals surface area contributed by atoms with Crippen LogP contribution in [0.1, 0.15) is 26.2 Å². The van der Waals surface area contributed by atoms with Crippen LogP contribution >= 0.6 is 0 Å². The third-order valence-corrected chi connectivity index (χ3v) is 2.91. The Morgan fingerprint density at radius 1 is 1.71 bits per heavy atom. The zero-order chi connectivity index (χ0) is 10.6. The molecule has 1 aliphatic heterocycles. The minimum absolute atomic E-state index is 0.187. The smallest absolute Gasteiger partial charge is 0.0905 e. The average Bonchev–Trinajstić information content (AvgIpc) is 2.52. The van der Waals surface area contributed by atoms with Crippen molar-refractivity contribution >= 4 is 5.84 Å². The molecule has 0 spiro atoms. The molecule has 0 saturated carbocycles. The number of aliphatic hydroxyl groups is 1. The lowest BCUT2D eigenvalue weighted by atomic mass is 10.0. The number of hydrogen-bond donors (Lipinski definition) is 3. The molecule has 4 N–H and O–H groups in total. The summed E-state index contributed by atoms with van der Waals surface area (Å²) in [6, 6.07) is 0. The highest BCUT2D eigenvalue weighted by molar-refractivity contribution is 5.76. The number of rotatable bonds is 5. The Bertz CT molecular complexity index is 194. The summed E-state index contributed by atoms with van der Waals surface area (Å²) in [6.45, 7) is 4.94. The molecular formula is C10H21N3O. The fourth-order valence-corrected chi connectivity index (χ4v) is 1.95. The molecule has 0 bridgehead atoms. The molecule has 0 aromatic rings. The maximum Gasteiger partial charge on any atom is 0.0905 e. The molecule has 2 unspecified atom stereocenters. The van der Waals surface area contributed by atoms with Crippen LogP contribution in [0.2, 0.25) is 0 Å². The molecule has 1 saturated heterocycles. The van der Waals surface area contributed by atoms with Crippen molar-refractivity contribution in [2.75, 3.05) is 19.6 Å². The summed E-state index contributed by atoms with van der Waals surface area (Å²) >= 11 is 0. The van der Waals surface area contributed by atoms with Crippen LogP contribution in [0.4, 0.5) is 0 Å². The van der Waals surface area contributed by atoms with Gasteiger partial charge in [-0.2, -0.15) is 0 Å². The zero-order valence-corrected chi connectivity index (χ0v) is 8.87. The van der Waals surface area contributed by atoms with Crippen molar-refractivity contribution in [3.05, 3.63) is 0 Å². The van der Waals surface area contributed by atoms with Crippen LogP contribution in [0, 0.1) is 11.3 Å². The Kier molecular flexibility index (Phi) is 4.35. The first-order chi connectivity index (χ1) is 6.59. The van der Waals surface area contributed by atoms with Crippen molar-refractivity contribution in [2.45, 2.75) is 32.3 Å². The first-order valence-corrected chi connectivity index (χ1v) is 5.33. The lowest BCUT2D eigenvalue weighted by Crippen LogP contribution is -2.26. The van der Waals surface area contributed by atoms with Gasteiger partial charge < -0.3 is 15.7 Å². The molecule has 0 aromatic heterocycles. The van der Waals surface area contributed by atoms with E-state index in [9.17, 15) is 5.11 Å². The molecule has 82 valence electrons. The van der Waals surface area contributed by atoms with Gasteiger partial charge in [0, 0.05) is 13.0 Å². The summed E-state index contributed by atoms with van der Waals surface area (Å²) < 4.78 is 0. The van der Waals surface area contributed by atoms with Gasteiger partial charge in [-0.05, 0) is 38.8 Å². The van der Waals surface area contributed by atoms with Gasteiger partial charge in [0.2, 0.25) is 0 Å². The first kappa shape index (κ1) is 11.5. The largest absolute Gasteiger partial charge is 0.393 e. The fourth-order valence-electron chi connectivity index (χ4n) is 1.95. The maximum atomic E-state index is 9.40. The molecule has 1 rings (SSSR count). The van der Waals surface area contributed by atoms with Gasteiger partial charge in [-0.15, -0.1) is 0 Å². The molecular weight excluding hydrogens is 178 g/mol. The van der Waals surface area contributed by atoms with E-state index in [-0.39, 0.29) is 11.9 Å². The van der Waals surface area contributed by atoms with Gasteiger partial charge in [0.1, 0.15) is 0 Å². The Morgan fingerprint density at radius 3 is 2.93 bits per heavy atom. The third-order valence-electron chi connectivity index (χ3n) is 2.91. The van der Waals surface area contributed by atoms with Gasteiger partial charge in [0.15, 0.2) is 0 Å². The average molecular weight is 199 g/mol. The summed E-state index contributed by atoms with van der Waals surface area (Å²) in [5, 5.41) is 16.5. The quantitative estimate of drug-likeness (QED) is 0.443. The molecule has 1 fully saturated rings. The minimum Gasteiger partial charge on any atom is -0.393 e. The summed E-state index contributed by atoms with van der Waals surface area (Å²) in [6.07, 6.45) is 2.56. The number of likely N-dealkylation sites (tertiary alicyclic amines) is 1. The van der Waals surface area contributed by atoms with Crippen LogP contribution in [-0.2, 0) is 0 Å². The van der Waals surface area contributed by atoms with Gasteiger partial charge in [0.25, 0.3) is 0 Å². The van der Waals surface area contributed by atoms with Crippen LogP contribution < -0.4 is 5.73 Å². The Labute approximate surface area is 85.6 Å². The third kappa shape index (κ3) is 3.64. The second-order valence-corrected chi connectivity index (χ2v) is 4.22. The van der Waals surface area contributed by atoms with E-state index in [1.165, 1.54) is 0 Å². The Hall–Kier alpha value is -0.610. The number of hydrogen-bond acceptors (Lipinski definition) is 3. The van der Waals surface area contributed by atoms with E-state index >= 15 is 0 Å². The summed E-state index contributed by atoms with van der Waals surface area (Å²) in [7, 11) is 0. The molecule has 1 heterocycles. The summed E-state index contributed by atoms with van der Waals surface area (Å²) in [5.74, 6) is 0.712. The Morgan fingerprint density at radius 2 is 2.43 bits per heavy atom. The zero-order valence-electron chi connectivity index (χ0n) is 8.87. The van der Waals surface area contributed by atoms with Crippen molar-refractivity contribution in [1.29, 1.82) is 5.41 Å². The first-order valence-electron chi connectivity index (χ1n) is 5.33. The molecule has 0 amide bonds. The van der Waals surface area contributed by atoms with E-state index in [0.717, 1.165) is 32.5 Å². The van der Waals surface area contributed by atoms with E-state index in [4.69, 9.17) is 11.1 Å². The number of aliphatic hydroxyl groups excluding tert-OH is 1.